The molecule has 0 aliphatic heterocycles. The van der Waals surface area contributed by atoms with Crippen molar-refractivity contribution in [3.63, 3.8) is 0 Å². The van der Waals surface area contributed by atoms with Crippen molar-refractivity contribution >= 4 is 11.1 Å². The Labute approximate surface area is 166 Å². The zero-order chi connectivity index (χ0) is 19.2. The molecule has 4 rings (SSSR count). The fourth-order valence-corrected chi connectivity index (χ4v) is 3.64. The van der Waals surface area contributed by atoms with Crippen molar-refractivity contribution in [2.45, 2.75) is 19.9 Å². The summed E-state index contributed by atoms with van der Waals surface area (Å²) in [6.45, 7) is 3.15. The van der Waals surface area contributed by atoms with Crippen LogP contribution in [-0.2, 0) is 6.54 Å². The summed E-state index contributed by atoms with van der Waals surface area (Å²) in [5.41, 5.74) is 7.20. The second-order valence-corrected chi connectivity index (χ2v) is 6.82. The lowest BCUT2D eigenvalue weighted by Gasteiger charge is -2.19. The molecule has 3 aromatic carbocycles. The molecule has 0 saturated carbocycles. The van der Waals surface area contributed by atoms with E-state index in [-0.39, 0.29) is 0 Å². The van der Waals surface area contributed by atoms with E-state index in [1.807, 2.05) is 12.5 Å². The predicted octanol–water partition coefficient (Wildman–Crippen LogP) is 6.30. The number of aromatic nitrogens is 2. The third-order valence-electron chi connectivity index (χ3n) is 4.87. The molecular formula is C26H24N2. The van der Waals surface area contributed by atoms with E-state index < -0.39 is 0 Å². The topological polar surface area (TPSA) is 17.8 Å². The number of rotatable bonds is 6. The summed E-state index contributed by atoms with van der Waals surface area (Å²) >= 11 is 0. The second kappa shape index (κ2) is 8.53. The largest absolute Gasteiger partial charge is 0.331 e. The van der Waals surface area contributed by atoms with Crippen molar-refractivity contribution in [3.05, 3.63) is 126 Å². The van der Waals surface area contributed by atoms with E-state index in [2.05, 4.69) is 107 Å². The standard InChI is InChI=1S/C26H24N2/c1-2-18-28-20-27-19-24(28)26(23-16-10-5-11-17-23)25(21-12-6-3-7-13-21)22-14-8-4-9-15-22/h3-17,19-20H,2,18H2,1H3. The minimum Gasteiger partial charge on any atom is -0.331 e. The molecule has 0 atom stereocenters. The van der Waals surface area contributed by atoms with Gasteiger partial charge in [-0.15, -0.1) is 0 Å². The number of hydrogen-bond donors (Lipinski definition) is 0. The van der Waals surface area contributed by atoms with E-state index in [1.54, 1.807) is 0 Å². The summed E-state index contributed by atoms with van der Waals surface area (Å²) < 4.78 is 2.26. The SMILES string of the molecule is CCCn1cncc1C(=C(c1ccccc1)c1ccccc1)c1ccccc1. The van der Waals surface area contributed by atoms with E-state index in [4.69, 9.17) is 0 Å². The third-order valence-corrected chi connectivity index (χ3v) is 4.87. The van der Waals surface area contributed by atoms with E-state index in [0.29, 0.717) is 0 Å². The first-order valence-corrected chi connectivity index (χ1v) is 9.79. The molecule has 0 amide bonds. The quantitative estimate of drug-likeness (QED) is 0.367. The Morgan fingerprint density at radius 2 is 1.14 bits per heavy atom. The fraction of sp³-hybridized carbons (Fsp3) is 0.115. The number of benzene rings is 3. The van der Waals surface area contributed by atoms with Gasteiger partial charge >= 0.3 is 0 Å². The van der Waals surface area contributed by atoms with Gasteiger partial charge in [0.2, 0.25) is 0 Å². The number of nitrogens with zero attached hydrogens (tertiary/aromatic N) is 2. The van der Waals surface area contributed by atoms with Gasteiger partial charge in [-0.1, -0.05) is 97.9 Å². The molecular weight excluding hydrogens is 340 g/mol. The van der Waals surface area contributed by atoms with Crippen LogP contribution in [-0.4, -0.2) is 9.55 Å². The molecule has 1 aromatic heterocycles. The van der Waals surface area contributed by atoms with Crippen molar-refractivity contribution in [1.82, 2.24) is 9.55 Å². The van der Waals surface area contributed by atoms with Crippen LogP contribution in [0.4, 0.5) is 0 Å². The van der Waals surface area contributed by atoms with Gasteiger partial charge in [0, 0.05) is 12.1 Å². The summed E-state index contributed by atoms with van der Waals surface area (Å²) in [6, 6.07) is 31.9. The normalized spacial score (nSPS) is 10.6. The number of imidazole rings is 1. The summed E-state index contributed by atoms with van der Waals surface area (Å²) in [5, 5.41) is 0. The lowest BCUT2D eigenvalue weighted by molar-refractivity contribution is 0.672. The molecule has 2 nitrogen and oxygen atoms in total. The maximum atomic E-state index is 4.49. The molecule has 2 heteroatoms. The van der Waals surface area contributed by atoms with Crippen LogP contribution in [0.1, 0.15) is 35.7 Å². The Hall–Kier alpha value is -3.39. The highest BCUT2D eigenvalue weighted by Crippen LogP contribution is 2.36. The molecule has 0 bridgehead atoms. The van der Waals surface area contributed by atoms with Gasteiger partial charge in [0.1, 0.15) is 0 Å². The first kappa shape index (κ1) is 18.0. The first-order valence-electron chi connectivity index (χ1n) is 9.79. The maximum Gasteiger partial charge on any atom is 0.0950 e. The number of aryl methyl sites for hydroxylation is 1. The highest BCUT2D eigenvalue weighted by Gasteiger charge is 2.18. The van der Waals surface area contributed by atoms with Gasteiger partial charge in [0.15, 0.2) is 0 Å². The van der Waals surface area contributed by atoms with E-state index in [0.717, 1.165) is 18.7 Å². The van der Waals surface area contributed by atoms with Gasteiger partial charge in [-0.2, -0.15) is 0 Å². The molecule has 4 aromatic rings. The summed E-state index contributed by atoms with van der Waals surface area (Å²) in [5.74, 6) is 0. The lowest BCUT2D eigenvalue weighted by Crippen LogP contribution is -2.04. The first-order chi connectivity index (χ1) is 13.9. The summed E-state index contributed by atoms with van der Waals surface area (Å²) in [7, 11) is 0. The van der Waals surface area contributed by atoms with Crippen LogP contribution in [0.2, 0.25) is 0 Å². The van der Waals surface area contributed by atoms with Crippen molar-refractivity contribution in [3.8, 4) is 0 Å². The molecule has 28 heavy (non-hydrogen) atoms. The monoisotopic (exact) mass is 364 g/mol. The zero-order valence-corrected chi connectivity index (χ0v) is 16.1. The van der Waals surface area contributed by atoms with Gasteiger partial charge in [-0.25, -0.2) is 4.98 Å². The van der Waals surface area contributed by atoms with Crippen molar-refractivity contribution in [2.24, 2.45) is 0 Å². The molecule has 1 heterocycles. The van der Waals surface area contributed by atoms with Crippen LogP contribution in [0.5, 0.6) is 0 Å². The molecule has 0 aliphatic rings. The summed E-state index contributed by atoms with van der Waals surface area (Å²) in [6.07, 6.45) is 5.00. The minimum atomic E-state index is 0.947. The van der Waals surface area contributed by atoms with Gasteiger partial charge in [0.25, 0.3) is 0 Å². The molecule has 0 saturated heterocycles. The maximum absolute atomic E-state index is 4.49. The minimum absolute atomic E-state index is 0.947. The van der Waals surface area contributed by atoms with Crippen LogP contribution in [0.15, 0.2) is 104 Å². The molecule has 0 N–H and O–H groups in total. The van der Waals surface area contributed by atoms with Crippen LogP contribution in [0.25, 0.3) is 11.1 Å². The fourth-order valence-electron chi connectivity index (χ4n) is 3.64. The predicted molar refractivity (Wildman–Crippen MR) is 117 cm³/mol. The molecule has 0 fully saturated rings. The van der Waals surface area contributed by atoms with Crippen LogP contribution in [0.3, 0.4) is 0 Å². The number of hydrogen-bond acceptors (Lipinski definition) is 1. The Bertz CT molecular complexity index is 1000. The molecule has 0 unspecified atom stereocenters. The van der Waals surface area contributed by atoms with Crippen molar-refractivity contribution in [1.29, 1.82) is 0 Å². The Balaban J connectivity index is 2.08. The summed E-state index contributed by atoms with van der Waals surface area (Å²) in [4.78, 5) is 4.49. The van der Waals surface area contributed by atoms with E-state index in [9.17, 15) is 0 Å². The van der Waals surface area contributed by atoms with E-state index >= 15 is 0 Å². The smallest absolute Gasteiger partial charge is 0.0950 e. The second-order valence-electron chi connectivity index (χ2n) is 6.82. The van der Waals surface area contributed by atoms with Crippen molar-refractivity contribution < 1.29 is 0 Å². The van der Waals surface area contributed by atoms with Gasteiger partial charge < -0.3 is 4.57 Å². The van der Waals surface area contributed by atoms with Crippen LogP contribution < -0.4 is 0 Å². The Morgan fingerprint density at radius 1 is 0.679 bits per heavy atom. The van der Waals surface area contributed by atoms with Gasteiger partial charge in [0.05, 0.1) is 18.2 Å². The zero-order valence-electron chi connectivity index (χ0n) is 16.1. The third kappa shape index (κ3) is 3.67. The van der Waals surface area contributed by atoms with Gasteiger partial charge in [-0.05, 0) is 28.7 Å². The Morgan fingerprint density at radius 3 is 1.61 bits per heavy atom. The van der Waals surface area contributed by atoms with Crippen LogP contribution in [0, 0.1) is 0 Å². The van der Waals surface area contributed by atoms with Crippen molar-refractivity contribution in [2.75, 3.05) is 0 Å². The highest BCUT2D eigenvalue weighted by molar-refractivity contribution is 6.03. The average molecular weight is 364 g/mol. The highest BCUT2D eigenvalue weighted by atomic mass is 15.0. The van der Waals surface area contributed by atoms with E-state index in [1.165, 1.54) is 27.8 Å². The average Bonchev–Trinajstić information content (AvgIpc) is 3.22. The van der Waals surface area contributed by atoms with Crippen LogP contribution >= 0.6 is 0 Å². The lowest BCUT2D eigenvalue weighted by atomic mass is 9.88. The molecule has 0 aliphatic carbocycles. The van der Waals surface area contributed by atoms with Gasteiger partial charge in [-0.3, -0.25) is 0 Å². The molecule has 0 spiro atoms. The molecule has 138 valence electrons. The Kier molecular flexibility index (Phi) is 5.48. The molecule has 0 radical (unpaired) electrons.